The fourth-order valence-corrected chi connectivity index (χ4v) is 4.07. The van der Waals surface area contributed by atoms with Crippen LogP contribution in [0.5, 0.6) is 5.75 Å². The number of aryl methyl sites for hydroxylation is 1. The van der Waals surface area contributed by atoms with Crippen molar-refractivity contribution >= 4 is 10.9 Å². The monoisotopic (exact) mass is 423 g/mol. The van der Waals surface area contributed by atoms with Gasteiger partial charge in [0, 0.05) is 28.9 Å². The summed E-state index contributed by atoms with van der Waals surface area (Å²) in [5.74, 6) is 0.498. The molecule has 156 valence electrons. The maximum absolute atomic E-state index is 12.9. The molecule has 3 heterocycles. The zero-order valence-electron chi connectivity index (χ0n) is 16.1. The average Bonchev–Trinajstić information content (AvgIpc) is 3.36. The number of nitrogens with one attached hydrogen (secondary N) is 1. The van der Waals surface area contributed by atoms with Gasteiger partial charge >= 0.3 is 6.36 Å². The SMILES string of the molecule is N#Cc1ccc2[nH]c(-c3nc4n(n3)CCCC4c3ccccc3OC(F)(F)F)cc2c1. The zero-order chi connectivity index (χ0) is 21.6. The number of halogens is 3. The summed E-state index contributed by atoms with van der Waals surface area (Å²) >= 11 is 0. The van der Waals surface area contributed by atoms with E-state index in [0.717, 1.165) is 17.3 Å². The van der Waals surface area contributed by atoms with E-state index in [1.54, 1.807) is 28.9 Å². The van der Waals surface area contributed by atoms with Gasteiger partial charge in [0.25, 0.3) is 0 Å². The lowest BCUT2D eigenvalue weighted by Crippen LogP contribution is -2.21. The summed E-state index contributed by atoms with van der Waals surface area (Å²) in [4.78, 5) is 7.92. The normalized spacial score (nSPS) is 16.1. The molecule has 0 amide bonds. The van der Waals surface area contributed by atoms with Crippen LogP contribution in [-0.2, 0) is 6.54 Å². The van der Waals surface area contributed by atoms with E-state index in [2.05, 4.69) is 25.9 Å². The number of alkyl halides is 3. The topological polar surface area (TPSA) is 79.5 Å². The summed E-state index contributed by atoms with van der Waals surface area (Å²) in [5.41, 5.74) is 2.53. The first kappa shape index (κ1) is 19.2. The maximum Gasteiger partial charge on any atom is 0.573 e. The molecule has 1 aliphatic rings. The van der Waals surface area contributed by atoms with Gasteiger partial charge in [-0.15, -0.1) is 18.3 Å². The summed E-state index contributed by atoms with van der Waals surface area (Å²) in [6.07, 6.45) is -3.36. The van der Waals surface area contributed by atoms with Crippen molar-refractivity contribution in [2.75, 3.05) is 0 Å². The first-order valence-electron chi connectivity index (χ1n) is 9.74. The van der Waals surface area contributed by atoms with Crippen molar-refractivity contribution < 1.29 is 17.9 Å². The zero-order valence-corrected chi connectivity index (χ0v) is 16.1. The molecule has 0 bridgehead atoms. The number of nitrogens with zero attached hydrogens (tertiary/aromatic N) is 4. The lowest BCUT2D eigenvalue weighted by atomic mass is 9.90. The standard InChI is InChI=1S/C22H16F3N5O/c23-22(24,25)31-19-6-2-1-4-15(19)16-5-3-9-30-21(16)28-20(29-30)18-11-14-10-13(12-26)7-8-17(14)27-18/h1-2,4,6-8,10-11,16,27H,3,5,9H2. The maximum atomic E-state index is 12.9. The van der Waals surface area contributed by atoms with E-state index >= 15 is 0 Å². The second-order valence-electron chi connectivity index (χ2n) is 7.39. The molecule has 1 atom stereocenters. The van der Waals surface area contributed by atoms with Crippen LogP contribution in [0.2, 0.25) is 0 Å². The molecule has 0 saturated carbocycles. The highest BCUT2D eigenvalue weighted by Crippen LogP contribution is 2.39. The van der Waals surface area contributed by atoms with E-state index < -0.39 is 6.36 Å². The third-order valence-electron chi connectivity index (χ3n) is 5.39. The summed E-state index contributed by atoms with van der Waals surface area (Å²) in [7, 11) is 0. The summed E-state index contributed by atoms with van der Waals surface area (Å²) in [6.45, 7) is 0.639. The molecule has 31 heavy (non-hydrogen) atoms. The van der Waals surface area contributed by atoms with Crippen molar-refractivity contribution in [3.05, 3.63) is 65.5 Å². The number of hydrogen-bond donors (Lipinski definition) is 1. The van der Waals surface area contributed by atoms with Crippen LogP contribution in [0.4, 0.5) is 13.2 Å². The minimum absolute atomic E-state index is 0.215. The highest BCUT2D eigenvalue weighted by atomic mass is 19.4. The number of fused-ring (bicyclic) bond motifs is 2. The second-order valence-corrected chi connectivity index (χ2v) is 7.39. The van der Waals surface area contributed by atoms with Gasteiger partial charge in [0.1, 0.15) is 11.6 Å². The molecule has 6 nitrogen and oxygen atoms in total. The molecule has 1 unspecified atom stereocenters. The van der Waals surface area contributed by atoms with Crippen LogP contribution in [0.1, 0.15) is 35.7 Å². The van der Waals surface area contributed by atoms with Crippen LogP contribution in [-0.4, -0.2) is 26.1 Å². The molecule has 0 saturated heterocycles. The molecule has 0 fully saturated rings. The van der Waals surface area contributed by atoms with Crippen molar-refractivity contribution in [2.24, 2.45) is 0 Å². The summed E-state index contributed by atoms with van der Waals surface area (Å²) < 4.78 is 44.7. The van der Waals surface area contributed by atoms with E-state index in [4.69, 9.17) is 5.26 Å². The summed E-state index contributed by atoms with van der Waals surface area (Å²) in [6, 6.07) is 15.5. The van der Waals surface area contributed by atoms with E-state index in [1.807, 2.05) is 12.1 Å². The van der Waals surface area contributed by atoms with E-state index in [1.165, 1.54) is 12.1 Å². The first-order valence-corrected chi connectivity index (χ1v) is 9.74. The third-order valence-corrected chi connectivity index (χ3v) is 5.39. The predicted molar refractivity (Wildman–Crippen MR) is 106 cm³/mol. The predicted octanol–water partition coefficient (Wildman–Crippen LogP) is 5.12. The van der Waals surface area contributed by atoms with Crippen molar-refractivity contribution in [2.45, 2.75) is 31.7 Å². The largest absolute Gasteiger partial charge is 0.573 e. The number of benzene rings is 2. The molecule has 5 rings (SSSR count). The summed E-state index contributed by atoms with van der Waals surface area (Å²) in [5, 5.41) is 14.5. The van der Waals surface area contributed by atoms with Crippen LogP contribution < -0.4 is 4.74 Å². The van der Waals surface area contributed by atoms with E-state index in [-0.39, 0.29) is 11.7 Å². The van der Waals surface area contributed by atoms with Crippen LogP contribution >= 0.6 is 0 Å². The molecule has 0 radical (unpaired) electrons. The van der Waals surface area contributed by atoms with Crippen LogP contribution in [0.25, 0.3) is 22.4 Å². The van der Waals surface area contributed by atoms with Gasteiger partial charge in [0.2, 0.25) is 0 Å². The van der Waals surface area contributed by atoms with E-state index in [0.29, 0.717) is 41.4 Å². The number of nitriles is 1. The van der Waals surface area contributed by atoms with Gasteiger partial charge in [0.15, 0.2) is 5.82 Å². The van der Waals surface area contributed by atoms with Gasteiger partial charge in [0.05, 0.1) is 17.3 Å². The minimum Gasteiger partial charge on any atom is -0.405 e. The Morgan fingerprint density at radius 2 is 2.00 bits per heavy atom. The Morgan fingerprint density at radius 1 is 1.16 bits per heavy atom. The molecular weight excluding hydrogens is 407 g/mol. The first-order chi connectivity index (χ1) is 14.9. The van der Waals surface area contributed by atoms with Crippen molar-refractivity contribution in [3.63, 3.8) is 0 Å². The number of hydrogen-bond acceptors (Lipinski definition) is 4. The molecule has 0 spiro atoms. The number of aromatic amines is 1. The fraction of sp³-hybridized carbons (Fsp3) is 0.227. The van der Waals surface area contributed by atoms with Crippen molar-refractivity contribution in [1.82, 2.24) is 19.7 Å². The lowest BCUT2D eigenvalue weighted by Gasteiger charge is -2.24. The quantitative estimate of drug-likeness (QED) is 0.496. The molecule has 2 aromatic carbocycles. The highest BCUT2D eigenvalue weighted by Gasteiger charge is 2.35. The molecule has 2 aromatic heterocycles. The van der Waals surface area contributed by atoms with E-state index in [9.17, 15) is 13.2 Å². The molecule has 0 aliphatic carbocycles. The van der Waals surface area contributed by atoms with Gasteiger partial charge < -0.3 is 9.72 Å². The second kappa shape index (κ2) is 7.16. The fourth-order valence-electron chi connectivity index (χ4n) is 4.07. The Bertz CT molecular complexity index is 1310. The van der Waals surface area contributed by atoms with Gasteiger partial charge in [-0.05, 0) is 43.2 Å². The van der Waals surface area contributed by atoms with Crippen molar-refractivity contribution in [3.8, 4) is 23.3 Å². The third kappa shape index (κ3) is 3.61. The Balaban J connectivity index is 1.55. The lowest BCUT2D eigenvalue weighted by molar-refractivity contribution is -0.275. The number of H-pyrrole nitrogens is 1. The Morgan fingerprint density at radius 3 is 2.81 bits per heavy atom. The minimum atomic E-state index is -4.77. The average molecular weight is 423 g/mol. The van der Waals surface area contributed by atoms with Gasteiger partial charge in [-0.3, -0.25) is 0 Å². The van der Waals surface area contributed by atoms with Crippen molar-refractivity contribution in [1.29, 1.82) is 5.26 Å². The molecule has 1 aliphatic heterocycles. The van der Waals surface area contributed by atoms with Crippen LogP contribution in [0, 0.1) is 11.3 Å². The molecule has 1 N–H and O–H groups in total. The Labute approximate surface area is 174 Å². The molecular formula is C22H16F3N5O. The Hall–Kier alpha value is -3.80. The van der Waals surface area contributed by atoms with Gasteiger partial charge in [-0.1, -0.05) is 18.2 Å². The highest BCUT2D eigenvalue weighted by molar-refractivity contribution is 5.85. The van der Waals surface area contributed by atoms with Gasteiger partial charge in [-0.2, -0.15) is 5.26 Å². The van der Waals surface area contributed by atoms with Crippen LogP contribution in [0.15, 0.2) is 48.5 Å². The van der Waals surface area contributed by atoms with Gasteiger partial charge in [-0.25, -0.2) is 9.67 Å². The Kier molecular flexibility index (Phi) is 4.43. The number of rotatable bonds is 3. The smallest absolute Gasteiger partial charge is 0.405 e. The molecule has 4 aromatic rings. The number of aromatic nitrogens is 4. The van der Waals surface area contributed by atoms with Crippen LogP contribution in [0.3, 0.4) is 0 Å². The number of ether oxygens (including phenoxy) is 1. The molecule has 9 heteroatoms. The number of para-hydroxylation sites is 1.